The fourth-order valence-corrected chi connectivity index (χ4v) is 3.06. The molecule has 3 rings (SSSR count). The number of nitrogens with one attached hydrogen (secondary N) is 4. The van der Waals surface area contributed by atoms with E-state index in [2.05, 4.69) is 21.3 Å². The van der Waals surface area contributed by atoms with Crippen LogP contribution in [-0.2, 0) is 17.9 Å². The van der Waals surface area contributed by atoms with Crippen LogP contribution in [0.25, 0.3) is 0 Å². The van der Waals surface area contributed by atoms with Gasteiger partial charge >= 0.3 is 18.0 Å². The lowest BCUT2D eigenvalue weighted by molar-refractivity contribution is -0.139. The number of hydrogen-bond acceptors (Lipinski definition) is 4. The Labute approximate surface area is 172 Å². The second-order valence-corrected chi connectivity index (χ2v) is 6.51. The van der Waals surface area contributed by atoms with Crippen molar-refractivity contribution in [2.75, 3.05) is 11.9 Å². The van der Waals surface area contributed by atoms with Crippen molar-refractivity contribution >= 4 is 29.6 Å². The first kappa shape index (κ1) is 20.6. The molecule has 0 saturated carbocycles. The fraction of sp³-hybridized carbons (Fsp3) is 0.200. The predicted octanol–water partition coefficient (Wildman–Crippen LogP) is 0.986. The number of amides is 5. The third kappa shape index (κ3) is 4.49. The topological polar surface area (TPSA) is 140 Å². The highest BCUT2D eigenvalue weighted by Gasteiger charge is 2.38. The number of rotatable bonds is 5. The Morgan fingerprint density at radius 1 is 1.03 bits per heavy atom. The van der Waals surface area contributed by atoms with Crippen LogP contribution in [0, 0.1) is 0 Å². The quantitative estimate of drug-likeness (QED) is 0.499. The smallest absolute Gasteiger partial charge is 0.347 e. The van der Waals surface area contributed by atoms with Crippen LogP contribution in [0.2, 0.25) is 0 Å². The Balaban J connectivity index is 1.73. The number of carboxylic acids is 1. The third-order valence-corrected chi connectivity index (χ3v) is 4.50. The lowest BCUT2D eigenvalue weighted by atomic mass is 10.1. The van der Waals surface area contributed by atoms with Crippen molar-refractivity contribution in [1.29, 1.82) is 0 Å². The molecule has 5 amide bonds. The molecule has 0 fully saturated rings. The molecule has 0 saturated heterocycles. The van der Waals surface area contributed by atoms with Crippen LogP contribution in [-0.4, -0.2) is 42.3 Å². The van der Waals surface area contributed by atoms with Gasteiger partial charge in [-0.15, -0.1) is 0 Å². The van der Waals surface area contributed by atoms with Crippen molar-refractivity contribution in [1.82, 2.24) is 21.3 Å². The molecule has 0 aromatic heterocycles. The summed E-state index contributed by atoms with van der Waals surface area (Å²) in [7, 11) is 1.52. The van der Waals surface area contributed by atoms with Crippen molar-refractivity contribution in [2.24, 2.45) is 0 Å². The first-order valence-electron chi connectivity index (χ1n) is 9.14. The van der Waals surface area contributed by atoms with Gasteiger partial charge in [0.1, 0.15) is 0 Å². The number of aliphatic carboxylic acids is 1. The van der Waals surface area contributed by atoms with E-state index < -0.39 is 24.1 Å². The molecule has 156 valence electrons. The summed E-state index contributed by atoms with van der Waals surface area (Å²) < 4.78 is 0. The van der Waals surface area contributed by atoms with E-state index in [0.29, 0.717) is 6.54 Å². The maximum absolute atomic E-state index is 12.8. The lowest BCUT2D eigenvalue weighted by Crippen LogP contribution is -2.61. The van der Waals surface area contributed by atoms with Gasteiger partial charge in [0.15, 0.2) is 0 Å². The number of nitrogens with zero attached hydrogens (tertiary/aromatic N) is 1. The summed E-state index contributed by atoms with van der Waals surface area (Å²) >= 11 is 0. The monoisotopic (exact) mass is 411 g/mol. The number of benzene rings is 2. The van der Waals surface area contributed by atoms with Gasteiger partial charge in [-0.1, -0.05) is 36.4 Å². The summed E-state index contributed by atoms with van der Waals surface area (Å²) in [5, 5.41) is 19.6. The Morgan fingerprint density at radius 3 is 2.37 bits per heavy atom. The van der Waals surface area contributed by atoms with Gasteiger partial charge in [0.25, 0.3) is 5.91 Å². The first-order chi connectivity index (χ1) is 14.4. The zero-order chi connectivity index (χ0) is 21.7. The van der Waals surface area contributed by atoms with Crippen molar-refractivity contribution < 1.29 is 24.3 Å². The van der Waals surface area contributed by atoms with Crippen LogP contribution in [0.3, 0.4) is 0 Å². The average Bonchev–Trinajstić information content (AvgIpc) is 2.76. The predicted molar refractivity (Wildman–Crippen MR) is 108 cm³/mol. The van der Waals surface area contributed by atoms with E-state index in [1.54, 1.807) is 24.3 Å². The Bertz CT molecular complexity index is 993. The molecule has 10 nitrogen and oxygen atoms in total. The summed E-state index contributed by atoms with van der Waals surface area (Å²) in [6.07, 6.45) is -1.52. The van der Waals surface area contributed by atoms with Crippen molar-refractivity contribution in [3.05, 3.63) is 65.2 Å². The second kappa shape index (κ2) is 8.95. The molecule has 1 aliphatic rings. The molecular weight excluding hydrogens is 390 g/mol. The second-order valence-electron chi connectivity index (χ2n) is 6.51. The van der Waals surface area contributed by atoms with Gasteiger partial charge in [0.05, 0.1) is 11.3 Å². The summed E-state index contributed by atoms with van der Waals surface area (Å²) in [5.41, 5.74) is 2.03. The summed E-state index contributed by atoms with van der Waals surface area (Å²) in [6.45, 7) is 0.444. The molecule has 0 aliphatic carbocycles. The highest BCUT2D eigenvalue weighted by atomic mass is 16.4. The molecule has 5 N–H and O–H groups in total. The average molecular weight is 411 g/mol. The normalized spacial score (nSPS) is 14.9. The van der Waals surface area contributed by atoms with Gasteiger partial charge in [-0.25, -0.2) is 14.4 Å². The van der Waals surface area contributed by atoms with Crippen LogP contribution in [0.4, 0.5) is 15.3 Å². The summed E-state index contributed by atoms with van der Waals surface area (Å²) in [5.74, 6) is -1.91. The lowest BCUT2D eigenvalue weighted by Gasteiger charge is -2.34. The number of fused-ring (bicyclic) bond motifs is 1. The molecule has 2 aromatic carbocycles. The molecule has 1 unspecified atom stereocenters. The van der Waals surface area contributed by atoms with E-state index in [4.69, 9.17) is 0 Å². The molecule has 2 aromatic rings. The molecular formula is C20H21N5O5. The van der Waals surface area contributed by atoms with Crippen molar-refractivity contribution in [3.63, 3.8) is 0 Å². The van der Waals surface area contributed by atoms with E-state index in [1.165, 1.54) is 19.2 Å². The van der Waals surface area contributed by atoms with Crippen LogP contribution < -0.4 is 26.2 Å². The number of urea groups is 2. The zero-order valence-corrected chi connectivity index (χ0v) is 16.1. The summed E-state index contributed by atoms with van der Waals surface area (Å²) in [6, 6.07) is 12.6. The zero-order valence-electron chi connectivity index (χ0n) is 16.1. The standard InChI is InChI=1S/C20H21N5O5/c1-21-19(29)22-10-12-5-4-6-13(9-12)11-23-20(30)25-15-8-3-2-7-14(15)17(26)24-16(25)18(27)28/h2-9,16H,10-11H2,1H3,(H,23,30)(H,24,26)(H,27,28)(H2,21,22,29). The highest BCUT2D eigenvalue weighted by molar-refractivity contribution is 6.11. The maximum atomic E-state index is 12.8. The molecule has 30 heavy (non-hydrogen) atoms. The largest absolute Gasteiger partial charge is 0.478 e. The van der Waals surface area contributed by atoms with E-state index in [1.807, 2.05) is 12.1 Å². The minimum Gasteiger partial charge on any atom is -0.478 e. The number of para-hydroxylation sites is 1. The SMILES string of the molecule is CNC(=O)NCc1cccc(CNC(=O)N2c3ccccc3C(=O)NC2C(=O)O)c1. The molecule has 1 aliphatic heterocycles. The van der Waals surface area contributed by atoms with Crippen molar-refractivity contribution in [3.8, 4) is 0 Å². The van der Waals surface area contributed by atoms with Crippen molar-refractivity contribution in [2.45, 2.75) is 19.3 Å². The van der Waals surface area contributed by atoms with Gasteiger partial charge in [0.2, 0.25) is 6.17 Å². The van der Waals surface area contributed by atoms with Gasteiger partial charge in [-0.2, -0.15) is 0 Å². The highest BCUT2D eigenvalue weighted by Crippen LogP contribution is 2.26. The number of hydrogen-bond donors (Lipinski definition) is 5. The van der Waals surface area contributed by atoms with Gasteiger partial charge in [-0.05, 0) is 23.3 Å². The third-order valence-electron chi connectivity index (χ3n) is 4.50. The van der Waals surface area contributed by atoms with Crippen LogP contribution in [0.15, 0.2) is 48.5 Å². The van der Waals surface area contributed by atoms with E-state index in [-0.39, 0.29) is 23.8 Å². The van der Waals surface area contributed by atoms with E-state index in [0.717, 1.165) is 16.0 Å². The number of carbonyl (C=O) groups excluding carboxylic acids is 3. The number of anilines is 1. The van der Waals surface area contributed by atoms with Crippen LogP contribution in [0.5, 0.6) is 0 Å². The number of carbonyl (C=O) groups is 4. The molecule has 0 spiro atoms. The maximum Gasteiger partial charge on any atom is 0.347 e. The van der Waals surface area contributed by atoms with E-state index in [9.17, 15) is 24.3 Å². The minimum absolute atomic E-state index is 0.131. The number of carboxylic acid groups (broad SMARTS) is 1. The molecule has 10 heteroatoms. The van der Waals surface area contributed by atoms with Gasteiger partial charge < -0.3 is 26.4 Å². The molecule has 0 radical (unpaired) electrons. The van der Waals surface area contributed by atoms with Crippen LogP contribution >= 0.6 is 0 Å². The Hall–Kier alpha value is -4.08. The fourth-order valence-electron chi connectivity index (χ4n) is 3.06. The molecule has 1 atom stereocenters. The minimum atomic E-state index is -1.52. The summed E-state index contributed by atoms with van der Waals surface area (Å²) in [4.78, 5) is 48.9. The first-order valence-corrected chi connectivity index (χ1v) is 9.14. The molecule has 1 heterocycles. The van der Waals surface area contributed by atoms with Crippen LogP contribution in [0.1, 0.15) is 21.5 Å². The van der Waals surface area contributed by atoms with E-state index >= 15 is 0 Å². The Morgan fingerprint density at radius 2 is 1.70 bits per heavy atom. The van der Waals surface area contributed by atoms with Gasteiger partial charge in [0, 0.05) is 20.1 Å². The molecule has 0 bridgehead atoms. The van der Waals surface area contributed by atoms with Gasteiger partial charge in [-0.3, -0.25) is 9.69 Å². The Kier molecular flexibility index (Phi) is 6.16.